The molecular weight excluding hydrogens is 242 g/mol. The van der Waals surface area contributed by atoms with Gasteiger partial charge in [-0.2, -0.15) is 0 Å². The molecule has 112 valence electrons. The van der Waals surface area contributed by atoms with Crippen molar-refractivity contribution in [3.05, 3.63) is 0 Å². The molecule has 3 N–H and O–H groups in total. The van der Waals surface area contributed by atoms with Gasteiger partial charge in [-0.3, -0.25) is 4.79 Å². The minimum atomic E-state index is -0.795. The molecule has 1 amide bonds. The molecule has 19 heavy (non-hydrogen) atoms. The Bertz CT molecular complexity index is 294. The largest absolute Gasteiger partial charge is 0.393 e. The molecule has 0 radical (unpaired) electrons. The molecule has 1 atom stereocenters. The van der Waals surface area contributed by atoms with Gasteiger partial charge in [-0.1, -0.05) is 33.1 Å². The molecule has 0 aromatic heterocycles. The number of aliphatic hydroxyl groups is 2. The molecule has 4 heteroatoms. The first-order valence-electron chi connectivity index (χ1n) is 7.40. The summed E-state index contributed by atoms with van der Waals surface area (Å²) in [4.78, 5) is 11.9. The topological polar surface area (TPSA) is 69.6 Å². The highest BCUT2D eigenvalue weighted by Crippen LogP contribution is 2.30. The van der Waals surface area contributed by atoms with Crippen LogP contribution in [0, 0.1) is 5.41 Å². The quantitative estimate of drug-likeness (QED) is 0.692. The van der Waals surface area contributed by atoms with E-state index in [4.69, 9.17) is 0 Å². The summed E-state index contributed by atoms with van der Waals surface area (Å²) in [5.41, 5.74) is -0.921. The lowest BCUT2D eigenvalue weighted by Gasteiger charge is -2.32. The molecule has 0 unspecified atom stereocenters. The number of aliphatic hydroxyl groups excluding tert-OH is 1. The number of carbonyl (C=O) groups excluding carboxylic acids is 1. The molecule has 1 aliphatic carbocycles. The average molecular weight is 271 g/mol. The van der Waals surface area contributed by atoms with Crippen LogP contribution in [0.1, 0.15) is 65.7 Å². The van der Waals surface area contributed by atoms with Gasteiger partial charge in [-0.05, 0) is 31.6 Å². The maximum atomic E-state index is 11.9. The minimum absolute atomic E-state index is 0.0805. The van der Waals surface area contributed by atoms with Crippen LogP contribution in [0.2, 0.25) is 0 Å². The fourth-order valence-corrected chi connectivity index (χ4v) is 2.96. The third-order valence-corrected chi connectivity index (χ3v) is 3.89. The lowest BCUT2D eigenvalue weighted by molar-refractivity contribution is -0.128. The van der Waals surface area contributed by atoms with Crippen LogP contribution in [0.3, 0.4) is 0 Å². The Kier molecular flexibility index (Phi) is 5.81. The zero-order chi connectivity index (χ0) is 14.5. The predicted octanol–water partition coefficient (Wildman–Crippen LogP) is 1.98. The van der Waals surface area contributed by atoms with E-state index < -0.39 is 5.60 Å². The van der Waals surface area contributed by atoms with E-state index in [1.54, 1.807) is 6.92 Å². The van der Waals surface area contributed by atoms with Crippen LogP contribution in [-0.4, -0.2) is 34.4 Å². The molecule has 1 saturated carbocycles. The first kappa shape index (κ1) is 16.4. The SMILES string of the molecule is C[C@H](O)CC(C)(C)CNC(=O)CC1(O)CCCCC1. The number of nitrogens with one attached hydrogen (secondary N) is 1. The molecule has 0 aromatic rings. The summed E-state index contributed by atoms with van der Waals surface area (Å²) in [6, 6.07) is 0. The highest BCUT2D eigenvalue weighted by atomic mass is 16.3. The van der Waals surface area contributed by atoms with E-state index in [2.05, 4.69) is 5.32 Å². The summed E-state index contributed by atoms with van der Waals surface area (Å²) in [7, 11) is 0. The number of hydrogen-bond acceptors (Lipinski definition) is 3. The number of carbonyl (C=O) groups is 1. The third kappa shape index (κ3) is 6.39. The fraction of sp³-hybridized carbons (Fsp3) is 0.933. The van der Waals surface area contributed by atoms with Crippen LogP contribution in [-0.2, 0) is 4.79 Å². The van der Waals surface area contributed by atoms with E-state index in [-0.39, 0.29) is 23.8 Å². The van der Waals surface area contributed by atoms with Gasteiger partial charge >= 0.3 is 0 Å². The van der Waals surface area contributed by atoms with Gasteiger partial charge in [-0.25, -0.2) is 0 Å². The molecule has 1 rings (SSSR count). The number of rotatable bonds is 6. The highest BCUT2D eigenvalue weighted by molar-refractivity contribution is 5.77. The highest BCUT2D eigenvalue weighted by Gasteiger charge is 2.32. The normalized spacial score (nSPS) is 20.9. The van der Waals surface area contributed by atoms with Crippen molar-refractivity contribution in [1.82, 2.24) is 5.32 Å². The molecule has 1 fully saturated rings. The first-order chi connectivity index (χ1) is 8.72. The van der Waals surface area contributed by atoms with Crippen molar-refractivity contribution < 1.29 is 15.0 Å². The van der Waals surface area contributed by atoms with E-state index >= 15 is 0 Å². The molecule has 0 aromatic carbocycles. The lowest BCUT2D eigenvalue weighted by atomic mass is 9.82. The summed E-state index contributed by atoms with van der Waals surface area (Å²) >= 11 is 0. The smallest absolute Gasteiger partial charge is 0.222 e. The number of hydrogen-bond donors (Lipinski definition) is 3. The van der Waals surface area contributed by atoms with E-state index in [1.165, 1.54) is 0 Å². The van der Waals surface area contributed by atoms with Crippen molar-refractivity contribution in [1.29, 1.82) is 0 Å². The molecular formula is C15H29NO3. The summed E-state index contributed by atoms with van der Waals surface area (Å²) in [5, 5.41) is 22.6. The maximum Gasteiger partial charge on any atom is 0.222 e. The molecule has 4 nitrogen and oxygen atoms in total. The second-order valence-electron chi connectivity index (χ2n) is 6.96. The first-order valence-corrected chi connectivity index (χ1v) is 7.40. The van der Waals surface area contributed by atoms with Crippen LogP contribution < -0.4 is 5.32 Å². The van der Waals surface area contributed by atoms with Crippen LogP contribution in [0.5, 0.6) is 0 Å². The van der Waals surface area contributed by atoms with Crippen molar-refractivity contribution in [3.8, 4) is 0 Å². The van der Waals surface area contributed by atoms with Gasteiger partial charge in [0.25, 0.3) is 0 Å². The van der Waals surface area contributed by atoms with Gasteiger partial charge < -0.3 is 15.5 Å². The van der Waals surface area contributed by atoms with E-state index in [0.717, 1.165) is 32.1 Å². The Morgan fingerprint density at radius 3 is 2.42 bits per heavy atom. The van der Waals surface area contributed by atoms with Gasteiger partial charge in [0.2, 0.25) is 5.91 Å². The molecule has 0 heterocycles. The summed E-state index contributed by atoms with van der Waals surface area (Å²) in [6.07, 6.45) is 5.14. The van der Waals surface area contributed by atoms with Gasteiger partial charge in [0.05, 0.1) is 18.1 Å². The van der Waals surface area contributed by atoms with Crippen LogP contribution >= 0.6 is 0 Å². The van der Waals surface area contributed by atoms with E-state index in [1.807, 2.05) is 13.8 Å². The Balaban J connectivity index is 2.34. The second-order valence-corrected chi connectivity index (χ2v) is 6.96. The lowest BCUT2D eigenvalue weighted by Crippen LogP contribution is -2.41. The molecule has 0 saturated heterocycles. The average Bonchev–Trinajstić information content (AvgIpc) is 2.25. The minimum Gasteiger partial charge on any atom is -0.393 e. The van der Waals surface area contributed by atoms with Crippen LogP contribution in [0.15, 0.2) is 0 Å². The Morgan fingerprint density at radius 2 is 1.89 bits per heavy atom. The Labute approximate surface area is 116 Å². The van der Waals surface area contributed by atoms with Crippen molar-refractivity contribution in [2.75, 3.05) is 6.54 Å². The Morgan fingerprint density at radius 1 is 1.32 bits per heavy atom. The van der Waals surface area contributed by atoms with Gasteiger partial charge in [0.15, 0.2) is 0 Å². The van der Waals surface area contributed by atoms with Crippen molar-refractivity contribution in [2.24, 2.45) is 5.41 Å². The molecule has 0 spiro atoms. The fourth-order valence-electron chi connectivity index (χ4n) is 2.96. The van der Waals surface area contributed by atoms with Crippen molar-refractivity contribution in [2.45, 2.75) is 77.4 Å². The summed E-state index contributed by atoms with van der Waals surface area (Å²) in [5.74, 6) is -0.0805. The van der Waals surface area contributed by atoms with Crippen molar-refractivity contribution >= 4 is 5.91 Å². The van der Waals surface area contributed by atoms with Gasteiger partial charge in [0, 0.05) is 6.54 Å². The van der Waals surface area contributed by atoms with Gasteiger partial charge in [0.1, 0.15) is 0 Å². The zero-order valence-electron chi connectivity index (χ0n) is 12.5. The predicted molar refractivity (Wildman–Crippen MR) is 75.7 cm³/mol. The molecule has 0 bridgehead atoms. The van der Waals surface area contributed by atoms with E-state index in [9.17, 15) is 15.0 Å². The molecule has 0 aliphatic heterocycles. The third-order valence-electron chi connectivity index (χ3n) is 3.89. The van der Waals surface area contributed by atoms with Crippen molar-refractivity contribution in [3.63, 3.8) is 0 Å². The van der Waals surface area contributed by atoms with E-state index in [0.29, 0.717) is 13.0 Å². The number of amides is 1. The van der Waals surface area contributed by atoms with Crippen LogP contribution in [0.25, 0.3) is 0 Å². The monoisotopic (exact) mass is 271 g/mol. The maximum absolute atomic E-state index is 11.9. The van der Waals surface area contributed by atoms with Gasteiger partial charge in [-0.15, -0.1) is 0 Å². The second kappa shape index (κ2) is 6.71. The van der Waals surface area contributed by atoms with Crippen LogP contribution in [0.4, 0.5) is 0 Å². The molecule has 1 aliphatic rings. The Hall–Kier alpha value is -0.610. The zero-order valence-corrected chi connectivity index (χ0v) is 12.5. The standard InChI is InChI=1S/C15H29NO3/c1-12(17)9-14(2,3)11-16-13(18)10-15(19)7-5-4-6-8-15/h12,17,19H,4-11H2,1-3H3,(H,16,18)/t12-/m0/s1. The summed E-state index contributed by atoms with van der Waals surface area (Å²) in [6.45, 7) is 6.34. The summed E-state index contributed by atoms with van der Waals surface area (Å²) < 4.78 is 0.